The molecule has 0 saturated carbocycles. The first-order valence-electron chi connectivity index (χ1n) is 5.18. The molecule has 0 aliphatic carbocycles. The van der Waals surface area contributed by atoms with Gasteiger partial charge in [-0.15, -0.1) is 11.3 Å². The van der Waals surface area contributed by atoms with Crippen LogP contribution in [0.5, 0.6) is 0 Å². The highest BCUT2D eigenvalue weighted by atomic mass is 32.1. The average molecular weight is 237 g/mol. The van der Waals surface area contributed by atoms with Crippen molar-refractivity contribution in [1.82, 2.24) is 9.97 Å². The van der Waals surface area contributed by atoms with Crippen molar-refractivity contribution >= 4 is 27.4 Å². The lowest BCUT2D eigenvalue weighted by Gasteiger charge is -2.11. The molecule has 0 radical (unpaired) electrons. The van der Waals surface area contributed by atoms with Gasteiger partial charge in [0.15, 0.2) is 0 Å². The zero-order chi connectivity index (χ0) is 11.5. The molecule has 0 aliphatic heterocycles. The van der Waals surface area contributed by atoms with Gasteiger partial charge in [-0.1, -0.05) is 0 Å². The van der Waals surface area contributed by atoms with Gasteiger partial charge in [-0.3, -0.25) is 0 Å². The third kappa shape index (κ3) is 2.15. The Balaban J connectivity index is 2.24. The van der Waals surface area contributed by atoms with Gasteiger partial charge in [-0.05, 0) is 24.8 Å². The number of methoxy groups -OCH3 is 1. The number of thiophene rings is 1. The predicted octanol–water partition coefficient (Wildman–Crippen LogP) is 2.45. The number of hydrogen-bond acceptors (Lipinski definition) is 5. The molecule has 0 saturated heterocycles. The molecule has 1 N–H and O–H groups in total. The quantitative estimate of drug-likeness (QED) is 0.887. The van der Waals surface area contributed by atoms with E-state index < -0.39 is 0 Å². The van der Waals surface area contributed by atoms with Crippen LogP contribution < -0.4 is 5.32 Å². The zero-order valence-corrected chi connectivity index (χ0v) is 10.5. The summed E-state index contributed by atoms with van der Waals surface area (Å²) in [6.45, 7) is 4.83. The Morgan fingerprint density at radius 3 is 3.06 bits per heavy atom. The number of anilines is 1. The van der Waals surface area contributed by atoms with Crippen LogP contribution in [0.25, 0.3) is 10.2 Å². The molecule has 0 bridgehead atoms. The fraction of sp³-hybridized carbons (Fsp3) is 0.455. The van der Waals surface area contributed by atoms with Crippen molar-refractivity contribution in [3.8, 4) is 0 Å². The lowest BCUT2D eigenvalue weighted by Crippen LogP contribution is -2.18. The van der Waals surface area contributed by atoms with E-state index in [2.05, 4.69) is 27.6 Å². The van der Waals surface area contributed by atoms with Gasteiger partial charge >= 0.3 is 0 Å². The molecule has 1 unspecified atom stereocenters. The smallest absolute Gasteiger partial charge is 0.147 e. The Bertz CT molecular complexity index is 483. The largest absolute Gasteiger partial charge is 0.380 e. The van der Waals surface area contributed by atoms with Crippen LogP contribution in [0.15, 0.2) is 11.7 Å². The van der Waals surface area contributed by atoms with Crippen LogP contribution in [0.4, 0.5) is 5.82 Å². The van der Waals surface area contributed by atoms with E-state index >= 15 is 0 Å². The Morgan fingerprint density at radius 2 is 2.31 bits per heavy atom. The molecule has 1 atom stereocenters. The van der Waals surface area contributed by atoms with Gasteiger partial charge in [0.25, 0.3) is 0 Å². The van der Waals surface area contributed by atoms with Crippen molar-refractivity contribution < 1.29 is 4.74 Å². The fourth-order valence-electron chi connectivity index (χ4n) is 1.42. The molecule has 2 rings (SSSR count). The molecule has 16 heavy (non-hydrogen) atoms. The van der Waals surface area contributed by atoms with E-state index in [0.717, 1.165) is 22.6 Å². The lowest BCUT2D eigenvalue weighted by atomic mass is 10.3. The molecule has 0 fully saturated rings. The van der Waals surface area contributed by atoms with Crippen molar-refractivity contribution in [3.63, 3.8) is 0 Å². The first kappa shape index (κ1) is 11.3. The van der Waals surface area contributed by atoms with Gasteiger partial charge in [0, 0.05) is 13.7 Å². The zero-order valence-electron chi connectivity index (χ0n) is 9.65. The molecule has 5 heteroatoms. The van der Waals surface area contributed by atoms with E-state index in [1.54, 1.807) is 24.8 Å². The average Bonchev–Trinajstić information content (AvgIpc) is 2.69. The summed E-state index contributed by atoms with van der Waals surface area (Å²) in [6, 6.07) is 0. The molecular formula is C11H15N3OS. The van der Waals surface area contributed by atoms with Crippen LogP contribution >= 0.6 is 11.3 Å². The summed E-state index contributed by atoms with van der Waals surface area (Å²) in [4.78, 5) is 8.54. The molecular weight excluding hydrogens is 222 g/mol. The highest BCUT2D eigenvalue weighted by molar-refractivity contribution is 7.18. The summed E-state index contributed by atoms with van der Waals surface area (Å²) < 4.78 is 6.30. The van der Waals surface area contributed by atoms with Crippen molar-refractivity contribution in [2.45, 2.75) is 20.0 Å². The van der Waals surface area contributed by atoms with Crippen LogP contribution in [0.3, 0.4) is 0 Å². The maximum atomic E-state index is 5.19. The normalized spacial score (nSPS) is 12.9. The fourth-order valence-corrected chi connectivity index (χ4v) is 2.39. The van der Waals surface area contributed by atoms with E-state index in [1.165, 1.54) is 5.56 Å². The Kier molecular flexibility index (Phi) is 3.36. The Labute approximate surface area is 98.7 Å². The van der Waals surface area contributed by atoms with Crippen LogP contribution in [0.1, 0.15) is 12.5 Å². The summed E-state index contributed by atoms with van der Waals surface area (Å²) in [6.07, 6.45) is 1.77. The van der Waals surface area contributed by atoms with E-state index in [-0.39, 0.29) is 6.10 Å². The molecule has 2 aromatic heterocycles. The van der Waals surface area contributed by atoms with Crippen LogP contribution in [0.2, 0.25) is 0 Å². The highest BCUT2D eigenvalue weighted by Crippen LogP contribution is 2.28. The summed E-state index contributed by atoms with van der Waals surface area (Å²) >= 11 is 1.67. The van der Waals surface area contributed by atoms with Gasteiger partial charge < -0.3 is 10.1 Å². The molecule has 0 aliphatic rings. The molecule has 2 aromatic rings. The van der Waals surface area contributed by atoms with E-state index in [9.17, 15) is 0 Å². The maximum absolute atomic E-state index is 5.19. The minimum absolute atomic E-state index is 0.172. The summed E-state index contributed by atoms with van der Waals surface area (Å²) in [5.41, 5.74) is 2.23. The third-order valence-electron chi connectivity index (χ3n) is 2.49. The standard InChI is InChI=1S/C11H15N3OS/c1-7-5-16-10-9(7)13-6-14-11(10)12-4-8(2)15-3/h5-6,8H,4H2,1-3H3,(H,12,13,14). The molecule has 4 nitrogen and oxygen atoms in total. The SMILES string of the molecule is COC(C)CNc1ncnc2c(C)csc12. The molecule has 0 spiro atoms. The molecule has 0 aromatic carbocycles. The lowest BCUT2D eigenvalue weighted by molar-refractivity contribution is 0.128. The van der Waals surface area contributed by atoms with Gasteiger partial charge in [-0.2, -0.15) is 0 Å². The first-order valence-corrected chi connectivity index (χ1v) is 6.05. The second-order valence-corrected chi connectivity index (χ2v) is 4.63. The van der Waals surface area contributed by atoms with Crippen LogP contribution in [0, 0.1) is 6.92 Å². The number of hydrogen-bond donors (Lipinski definition) is 1. The number of nitrogens with one attached hydrogen (secondary N) is 1. The Morgan fingerprint density at radius 1 is 1.50 bits per heavy atom. The Hall–Kier alpha value is -1.20. The topological polar surface area (TPSA) is 47.0 Å². The summed E-state index contributed by atoms with van der Waals surface area (Å²) in [5.74, 6) is 0.895. The number of nitrogens with zero attached hydrogens (tertiary/aromatic N) is 2. The molecule has 0 amide bonds. The van der Waals surface area contributed by atoms with Gasteiger partial charge in [0.1, 0.15) is 12.1 Å². The number of fused-ring (bicyclic) bond motifs is 1. The third-order valence-corrected chi connectivity index (χ3v) is 3.58. The maximum Gasteiger partial charge on any atom is 0.147 e. The van der Waals surface area contributed by atoms with E-state index in [1.807, 2.05) is 6.92 Å². The van der Waals surface area contributed by atoms with Crippen molar-refractivity contribution in [3.05, 3.63) is 17.3 Å². The monoisotopic (exact) mass is 237 g/mol. The molecule has 86 valence electrons. The van der Waals surface area contributed by atoms with Crippen molar-refractivity contribution in [2.75, 3.05) is 19.0 Å². The second kappa shape index (κ2) is 4.76. The van der Waals surface area contributed by atoms with Crippen molar-refractivity contribution in [1.29, 1.82) is 0 Å². The predicted molar refractivity (Wildman–Crippen MR) is 67.1 cm³/mol. The number of ether oxygens (including phenoxy) is 1. The van der Waals surface area contributed by atoms with Crippen LogP contribution in [-0.2, 0) is 4.74 Å². The first-order chi connectivity index (χ1) is 7.72. The van der Waals surface area contributed by atoms with Gasteiger partial charge in [0.05, 0.1) is 16.3 Å². The van der Waals surface area contributed by atoms with Crippen LogP contribution in [-0.4, -0.2) is 29.7 Å². The minimum atomic E-state index is 0.172. The minimum Gasteiger partial charge on any atom is -0.380 e. The van der Waals surface area contributed by atoms with Crippen molar-refractivity contribution in [2.24, 2.45) is 0 Å². The number of aromatic nitrogens is 2. The van der Waals surface area contributed by atoms with E-state index in [0.29, 0.717) is 0 Å². The summed E-state index contributed by atoms with van der Waals surface area (Å²) in [7, 11) is 1.71. The van der Waals surface area contributed by atoms with Gasteiger partial charge in [-0.25, -0.2) is 9.97 Å². The second-order valence-electron chi connectivity index (χ2n) is 3.75. The van der Waals surface area contributed by atoms with E-state index in [4.69, 9.17) is 4.74 Å². The number of aryl methyl sites for hydroxylation is 1. The highest BCUT2D eigenvalue weighted by Gasteiger charge is 2.08. The molecule has 2 heterocycles. The summed E-state index contributed by atoms with van der Waals surface area (Å²) in [5, 5.41) is 5.39. The number of rotatable bonds is 4. The van der Waals surface area contributed by atoms with Gasteiger partial charge in [0.2, 0.25) is 0 Å².